The van der Waals surface area contributed by atoms with Crippen molar-refractivity contribution < 1.29 is 9.59 Å². The third-order valence-corrected chi connectivity index (χ3v) is 3.93. The van der Waals surface area contributed by atoms with E-state index in [1.165, 1.54) is 0 Å². The number of amides is 2. The van der Waals surface area contributed by atoms with Gasteiger partial charge in [-0.15, -0.1) is 0 Å². The highest BCUT2D eigenvalue weighted by molar-refractivity contribution is 5.89. The molecule has 1 aromatic rings. The van der Waals surface area contributed by atoms with Gasteiger partial charge in [0.15, 0.2) is 0 Å². The van der Waals surface area contributed by atoms with Gasteiger partial charge in [-0.25, -0.2) is 0 Å². The molecule has 0 bridgehead atoms. The highest BCUT2D eigenvalue weighted by Gasteiger charge is 2.25. The lowest BCUT2D eigenvalue weighted by molar-refractivity contribution is -0.129. The van der Waals surface area contributed by atoms with E-state index in [9.17, 15) is 9.59 Å². The van der Waals surface area contributed by atoms with Crippen molar-refractivity contribution in [3.63, 3.8) is 0 Å². The molecule has 6 nitrogen and oxygen atoms in total. The normalized spacial score (nSPS) is 20.2. The van der Waals surface area contributed by atoms with Crippen LogP contribution in [0.5, 0.6) is 0 Å². The van der Waals surface area contributed by atoms with Crippen molar-refractivity contribution in [3.8, 4) is 0 Å². The summed E-state index contributed by atoms with van der Waals surface area (Å²) < 4.78 is 0. The summed E-state index contributed by atoms with van der Waals surface area (Å²) in [5, 5.41) is 8.74. The Kier molecular flexibility index (Phi) is 5.91. The van der Waals surface area contributed by atoms with Gasteiger partial charge in [-0.3, -0.25) is 14.5 Å². The van der Waals surface area contributed by atoms with Gasteiger partial charge in [-0.05, 0) is 12.5 Å². The van der Waals surface area contributed by atoms with Gasteiger partial charge in [0.2, 0.25) is 11.8 Å². The van der Waals surface area contributed by atoms with Crippen LogP contribution in [-0.4, -0.2) is 56.0 Å². The second-order valence-corrected chi connectivity index (χ2v) is 5.55. The Balaban J connectivity index is 2.00. The summed E-state index contributed by atoms with van der Waals surface area (Å²) in [7, 11) is 1.57. The topological polar surface area (TPSA) is 73.5 Å². The summed E-state index contributed by atoms with van der Waals surface area (Å²) in [6.45, 7) is 5.00. The van der Waals surface area contributed by atoms with Gasteiger partial charge >= 0.3 is 0 Å². The summed E-state index contributed by atoms with van der Waals surface area (Å²) in [6.07, 6.45) is 0. The predicted octanol–water partition coefficient (Wildman–Crippen LogP) is -0.116. The van der Waals surface area contributed by atoms with Gasteiger partial charge in [-0.1, -0.05) is 30.3 Å². The van der Waals surface area contributed by atoms with Gasteiger partial charge in [0.25, 0.3) is 0 Å². The van der Waals surface area contributed by atoms with Gasteiger partial charge in [0.05, 0.1) is 6.54 Å². The predicted molar refractivity (Wildman–Crippen MR) is 85.3 cm³/mol. The molecule has 1 fully saturated rings. The highest BCUT2D eigenvalue weighted by Crippen LogP contribution is 2.13. The number of rotatable bonds is 5. The van der Waals surface area contributed by atoms with Gasteiger partial charge in [-0.2, -0.15) is 0 Å². The Morgan fingerprint density at radius 1 is 1.36 bits per heavy atom. The number of likely N-dealkylation sites (N-methyl/N-ethyl adjacent to an activating group) is 1. The molecule has 22 heavy (non-hydrogen) atoms. The Labute approximate surface area is 131 Å². The number of carbonyl (C=O) groups is 2. The number of carbonyl (C=O) groups excluding carboxylic acids is 2. The second kappa shape index (κ2) is 7.91. The lowest BCUT2D eigenvalue weighted by Gasteiger charge is -2.33. The Morgan fingerprint density at radius 3 is 2.73 bits per heavy atom. The molecular weight excluding hydrogens is 280 g/mol. The molecule has 1 saturated heterocycles. The van der Waals surface area contributed by atoms with E-state index in [-0.39, 0.29) is 11.8 Å². The SMILES string of the molecule is CNC(=O)C(NC(=O)CN1CCNC[C@H]1C)c1ccccc1. The van der Waals surface area contributed by atoms with Crippen LogP contribution in [0.2, 0.25) is 0 Å². The molecule has 2 atom stereocenters. The smallest absolute Gasteiger partial charge is 0.246 e. The minimum Gasteiger partial charge on any atom is -0.357 e. The van der Waals surface area contributed by atoms with Crippen molar-refractivity contribution in [2.24, 2.45) is 0 Å². The first kappa shape index (κ1) is 16.5. The van der Waals surface area contributed by atoms with Crippen molar-refractivity contribution in [1.29, 1.82) is 0 Å². The molecular formula is C16H24N4O2. The van der Waals surface area contributed by atoms with Gasteiger partial charge in [0, 0.05) is 32.7 Å². The van der Waals surface area contributed by atoms with E-state index >= 15 is 0 Å². The van der Waals surface area contributed by atoms with Crippen LogP contribution in [0.25, 0.3) is 0 Å². The Bertz CT molecular complexity index is 506. The summed E-state index contributed by atoms with van der Waals surface area (Å²) in [5.74, 6) is -0.348. The molecule has 0 saturated carbocycles. The lowest BCUT2D eigenvalue weighted by Crippen LogP contribution is -2.53. The third-order valence-electron chi connectivity index (χ3n) is 3.93. The summed E-state index contributed by atoms with van der Waals surface area (Å²) in [5.41, 5.74) is 0.781. The first-order valence-electron chi connectivity index (χ1n) is 7.62. The number of hydrogen-bond donors (Lipinski definition) is 3. The average Bonchev–Trinajstić information content (AvgIpc) is 2.55. The van der Waals surface area contributed by atoms with Crippen LogP contribution in [0, 0.1) is 0 Å². The molecule has 1 heterocycles. The molecule has 1 aliphatic heterocycles. The first-order valence-corrected chi connectivity index (χ1v) is 7.62. The maximum absolute atomic E-state index is 12.3. The van der Waals surface area contributed by atoms with E-state index in [1.54, 1.807) is 7.05 Å². The van der Waals surface area contributed by atoms with Crippen LogP contribution in [0.3, 0.4) is 0 Å². The number of piperazine rings is 1. The van der Waals surface area contributed by atoms with Crippen LogP contribution in [0.4, 0.5) is 0 Å². The molecule has 2 rings (SSSR count). The van der Waals surface area contributed by atoms with E-state index in [1.807, 2.05) is 30.3 Å². The summed E-state index contributed by atoms with van der Waals surface area (Å²) in [4.78, 5) is 26.5. The second-order valence-electron chi connectivity index (χ2n) is 5.55. The minimum absolute atomic E-state index is 0.133. The minimum atomic E-state index is -0.656. The maximum atomic E-state index is 12.3. The van der Waals surface area contributed by atoms with Crippen LogP contribution in [0.1, 0.15) is 18.5 Å². The number of benzene rings is 1. The molecule has 1 aliphatic rings. The quantitative estimate of drug-likeness (QED) is 0.709. The zero-order valence-corrected chi connectivity index (χ0v) is 13.1. The molecule has 0 radical (unpaired) electrons. The zero-order valence-electron chi connectivity index (χ0n) is 13.1. The molecule has 6 heteroatoms. The third kappa shape index (κ3) is 4.29. The molecule has 1 unspecified atom stereocenters. The van der Waals surface area contributed by atoms with E-state index in [0.717, 1.165) is 25.2 Å². The summed E-state index contributed by atoms with van der Waals surface area (Å²) >= 11 is 0. The van der Waals surface area contributed by atoms with E-state index in [4.69, 9.17) is 0 Å². The van der Waals surface area contributed by atoms with E-state index in [0.29, 0.717) is 12.6 Å². The molecule has 0 aromatic heterocycles. The number of nitrogens with zero attached hydrogens (tertiary/aromatic N) is 1. The molecule has 2 amide bonds. The first-order chi connectivity index (χ1) is 10.6. The molecule has 1 aromatic carbocycles. The zero-order chi connectivity index (χ0) is 15.9. The molecule has 3 N–H and O–H groups in total. The van der Waals surface area contributed by atoms with E-state index < -0.39 is 6.04 Å². The average molecular weight is 304 g/mol. The molecule has 0 spiro atoms. The van der Waals surface area contributed by atoms with Gasteiger partial charge in [0.1, 0.15) is 6.04 Å². The fraction of sp³-hybridized carbons (Fsp3) is 0.500. The fourth-order valence-corrected chi connectivity index (χ4v) is 2.60. The van der Waals surface area contributed by atoms with Crippen LogP contribution in [-0.2, 0) is 9.59 Å². The largest absolute Gasteiger partial charge is 0.357 e. The molecule has 120 valence electrons. The standard InChI is InChI=1S/C16H24N4O2/c1-12-10-18-8-9-20(12)11-14(21)19-15(16(22)17-2)13-6-4-3-5-7-13/h3-7,12,15,18H,8-11H2,1-2H3,(H,17,22)(H,19,21)/t12-,15?/m1/s1. The monoisotopic (exact) mass is 304 g/mol. The van der Waals surface area contributed by atoms with Crippen LogP contribution in [0.15, 0.2) is 30.3 Å². The lowest BCUT2D eigenvalue weighted by atomic mass is 10.1. The van der Waals surface area contributed by atoms with E-state index in [2.05, 4.69) is 27.8 Å². The van der Waals surface area contributed by atoms with Crippen molar-refractivity contribution >= 4 is 11.8 Å². The Morgan fingerprint density at radius 2 is 2.09 bits per heavy atom. The Hall–Kier alpha value is -1.92. The maximum Gasteiger partial charge on any atom is 0.246 e. The summed E-state index contributed by atoms with van der Waals surface area (Å²) in [6, 6.07) is 8.94. The van der Waals surface area contributed by atoms with Crippen LogP contribution >= 0.6 is 0 Å². The molecule has 0 aliphatic carbocycles. The highest BCUT2D eigenvalue weighted by atomic mass is 16.2. The number of hydrogen-bond acceptors (Lipinski definition) is 4. The van der Waals surface area contributed by atoms with Crippen LogP contribution < -0.4 is 16.0 Å². The number of nitrogens with one attached hydrogen (secondary N) is 3. The fourth-order valence-electron chi connectivity index (χ4n) is 2.60. The van der Waals surface area contributed by atoms with Crippen molar-refractivity contribution in [1.82, 2.24) is 20.9 Å². The van der Waals surface area contributed by atoms with Crippen molar-refractivity contribution in [2.75, 3.05) is 33.2 Å². The van der Waals surface area contributed by atoms with Gasteiger partial charge < -0.3 is 16.0 Å². The van der Waals surface area contributed by atoms with Crippen molar-refractivity contribution in [2.45, 2.75) is 19.0 Å². The van der Waals surface area contributed by atoms with Crippen molar-refractivity contribution in [3.05, 3.63) is 35.9 Å².